The monoisotopic (exact) mass is 315 g/mol. The van der Waals surface area contributed by atoms with E-state index in [1.807, 2.05) is 29.2 Å². The average molecular weight is 315 g/mol. The van der Waals surface area contributed by atoms with Crippen LogP contribution >= 0.6 is 0 Å². The molecule has 0 atom stereocenters. The van der Waals surface area contributed by atoms with Crippen molar-refractivity contribution in [3.8, 4) is 0 Å². The number of hydrogen-bond acceptors (Lipinski definition) is 4. The summed E-state index contributed by atoms with van der Waals surface area (Å²) in [5.74, 6) is 0.0748. The number of ether oxygens (including phenoxy) is 1. The predicted octanol–water partition coefficient (Wildman–Crippen LogP) is 1.87. The fourth-order valence-electron chi connectivity index (χ4n) is 2.98. The van der Waals surface area contributed by atoms with Crippen LogP contribution in [0.2, 0.25) is 0 Å². The van der Waals surface area contributed by atoms with Crippen LogP contribution in [0.3, 0.4) is 0 Å². The molecule has 0 saturated heterocycles. The Hall–Kier alpha value is -2.34. The van der Waals surface area contributed by atoms with Crippen LogP contribution in [0.25, 0.3) is 0 Å². The van der Waals surface area contributed by atoms with E-state index in [0.717, 1.165) is 24.2 Å². The van der Waals surface area contributed by atoms with Crippen LogP contribution < -0.4 is 10.3 Å². The van der Waals surface area contributed by atoms with Gasteiger partial charge in [0.15, 0.2) is 0 Å². The lowest BCUT2D eigenvalue weighted by molar-refractivity contribution is -0.115. The van der Waals surface area contributed by atoms with Crippen LogP contribution in [-0.2, 0) is 16.0 Å². The molecule has 2 amide bonds. The summed E-state index contributed by atoms with van der Waals surface area (Å²) in [7, 11) is 0. The van der Waals surface area contributed by atoms with Gasteiger partial charge in [-0.25, -0.2) is 9.80 Å². The first kappa shape index (κ1) is 15.6. The van der Waals surface area contributed by atoms with Gasteiger partial charge in [-0.1, -0.05) is 24.3 Å². The molecule has 6 heteroatoms. The van der Waals surface area contributed by atoms with Crippen LogP contribution in [0.4, 0.5) is 10.5 Å². The molecule has 0 saturated carbocycles. The number of carbonyl (C=O) groups is 2. The van der Waals surface area contributed by atoms with Gasteiger partial charge in [0.2, 0.25) is 0 Å². The molecule has 23 heavy (non-hydrogen) atoms. The zero-order valence-electron chi connectivity index (χ0n) is 13.2. The minimum Gasteiger partial charge on any atom is -0.449 e. The largest absolute Gasteiger partial charge is 0.449 e. The van der Waals surface area contributed by atoms with Gasteiger partial charge in [-0.15, -0.1) is 0 Å². The van der Waals surface area contributed by atoms with E-state index < -0.39 is 6.09 Å². The van der Waals surface area contributed by atoms with Gasteiger partial charge in [0.05, 0.1) is 6.61 Å². The summed E-state index contributed by atoms with van der Waals surface area (Å²) in [6.45, 7) is 3.95. The van der Waals surface area contributed by atoms with Crippen LogP contribution in [0.1, 0.15) is 18.9 Å². The van der Waals surface area contributed by atoms with Crippen molar-refractivity contribution >= 4 is 17.7 Å². The molecule has 3 rings (SSSR count). The highest BCUT2D eigenvalue weighted by Crippen LogP contribution is 2.29. The zero-order chi connectivity index (χ0) is 16.2. The van der Waals surface area contributed by atoms with Crippen LogP contribution in [0.15, 0.2) is 35.9 Å². The predicted molar refractivity (Wildman–Crippen MR) is 86.9 cm³/mol. The first-order valence-electron chi connectivity index (χ1n) is 7.96. The molecule has 0 aliphatic carbocycles. The topological polar surface area (TPSA) is 61.9 Å². The number of hydrazine groups is 1. The molecule has 1 aromatic carbocycles. The smallest absolute Gasteiger partial charge is 0.421 e. The summed E-state index contributed by atoms with van der Waals surface area (Å²) in [5.41, 5.74) is 5.72. The summed E-state index contributed by atoms with van der Waals surface area (Å²) in [5, 5.41) is 1.76. The number of hydrogen-bond donors (Lipinski definition) is 1. The zero-order valence-corrected chi connectivity index (χ0v) is 13.2. The Balaban J connectivity index is 1.62. The highest BCUT2D eigenvalue weighted by Gasteiger charge is 2.28. The molecular formula is C17H21N3O3. The van der Waals surface area contributed by atoms with E-state index in [1.54, 1.807) is 11.9 Å². The van der Waals surface area contributed by atoms with Gasteiger partial charge in [-0.2, -0.15) is 0 Å². The second-order valence-electron chi connectivity index (χ2n) is 5.59. The Morgan fingerprint density at radius 2 is 2.04 bits per heavy atom. The summed E-state index contributed by atoms with van der Waals surface area (Å²) < 4.78 is 4.85. The molecule has 122 valence electrons. The van der Waals surface area contributed by atoms with Gasteiger partial charge in [0.25, 0.3) is 5.91 Å². The van der Waals surface area contributed by atoms with E-state index in [9.17, 15) is 9.59 Å². The third-order valence-corrected chi connectivity index (χ3v) is 4.14. The van der Waals surface area contributed by atoms with Gasteiger partial charge in [-0.05, 0) is 31.4 Å². The molecule has 0 radical (unpaired) electrons. The van der Waals surface area contributed by atoms with Crippen molar-refractivity contribution in [2.75, 3.05) is 31.1 Å². The number of nitrogens with zero attached hydrogens (tertiary/aromatic N) is 2. The maximum atomic E-state index is 12.7. The van der Waals surface area contributed by atoms with Crippen molar-refractivity contribution < 1.29 is 14.3 Å². The number of anilines is 1. The van der Waals surface area contributed by atoms with Gasteiger partial charge in [0, 0.05) is 30.9 Å². The van der Waals surface area contributed by atoms with Crippen LogP contribution in [-0.4, -0.2) is 43.3 Å². The molecule has 0 fully saturated rings. The van der Waals surface area contributed by atoms with Crippen molar-refractivity contribution in [2.45, 2.75) is 19.8 Å². The number of rotatable bonds is 3. The number of fused-ring (bicyclic) bond motifs is 1. The van der Waals surface area contributed by atoms with Crippen molar-refractivity contribution in [1.29, 1.82) is 0 Å². The number of benzene rings is 1. The van der Waals surface area contributed by atoms with Gasteiger partial charge in [-0.3, -0.25) is 10.2 Å². The summed E-state index contributed by atoms with van der Waals surface area (Å²) in [6, 6.07) is 8.04. The highest BCUT2D eigenvalue weighted by atomic mass is 16.6. The average Bonchev–Trinajstić information content (AvgIpc) is 2.99. The lowest BCUT2D eigenvalue weighted by atomic mass is 10.1. The summed E-state index contributed by atoms with van der Waals surface area (Å²) in [6.07, 6.45) is 2.96. The molecule has 0 aromatic heterocycles. The lowest BCUT2D eigenvalue weighted by Gasteiger charge is -2.27. The quantitative estimate of drug-likeness (QED) is 0.925. The molecule has 2 aliphatic heterocycles. The number of carbonyl (C=O) groups excluding carboxylic acids is 2. The summed E-state index contributed by atoms with van der Waals surface area (Å²) in [4.78, 5) is 26.0. The van der Waals surface area contributed by atoms with E-state index in [1.165, 1.54) is 5.56 Å². The summed E-state index contributed by atoms with van der Waals surface area (Å²) >= 11 is 0. The Morgan fingerprint density at radius 3 is 2.78 bits per heavy atom. The molecular weight excluding hydrogens is 294 g/mol. The standard InChI is InChI=1S/C17H21N3O3/c1-2-23-17(22)18-19-10-7-14(8-11-19)16(21)20-12-9-13-5-3-4-6-15(13)20/h3-7H,2,8-12H2,1H3,(H,18,22). The number of amides is 2. The van der Waals surface area contributed by atoms with E-state index in [-0.39, 0.29) is 5.91 Å². The maximum absolute atomic E-state index is 12.7. The van der Waals surface area contributed by atoms with E-state index in [4.69, 9.17) is 4.74 Å². The fraction of sp³-hybridized carbons (Fsp3) is 0.412. The first-order valence-corrected chi connectivity index (χ1v) is 7.96. The Bertz CT molecular complexity index is 642. The van der Waals surface area contributed by atoms with Crippen LogP contribution in [0, 0.1) is 0 Å². The van der Waals surface area contributed by atoms with Gasteiger partial charge < -0.3 is 9.64 Å². The van der Waals surface area contributed by atoms with Crippen molar-refractivity contribution in [3.05, 3.63) is 41.5 Å². The molecule has 0 bridgehead atoms. The Kier molecular flexibility index (Phi) is 4.62. The Morgan fingerprint density at radius 1 is 1.22 bits per heavy atom. The third-order valence-electron chi connectivity index (χ3n) is 4.14. The first-order chi connectivity index (χ1) is 11.2. The fourth-order valence-corrected chi connectivity index (χ4v) is 2.98. The molecule has 0 spiro atoms. The molecule has 6 nitrogen and oxygen atoms in total. The highest BCUT2D eigenvalue weighted by molar-refractivity contribution is 6.06. The maximum Gasteiger partial charge on any atom is 0.421 e. The molecule has 0 unspecified atom stereocenters. The minimum absolute atomic E-state index is 0.0748. The second-order valence-corrected chi connectivity index (χ2v) is 5.59. The lowest BCUT2D eigenvalue weighted by Crippen LogP contribution is -2.46. The molecule has 1 aromatic rings. The third kappa shape index (κ3) is 3.37. The number of nitrogens with one attached hydrogen (secondary N) is 1. The van der Waals surface area contributed by atoms with E-state index >= 15 is 0 Å². The van der Waals surface area contributed by atoms with Gasteiger partial charge in [0.1, 0.15) is 0 Å². The van der Waals surface area contributed by atoms with Crippen molar-refractivity contribution in [3.63, 3.8) is 0 Å². The number of para-hydroxylation sites is 1. The Labute approximate surface area is 135 Å². The van der Waals surface area contributed by atoms with E-state index in [0.29, 0.717) is 26.1 Å². The van der Waals surface area contributed by atoms with Crippen molar-refractivity contribution in [2.24, 2.45) is 0 Å². The van der Waals surface area contributed by atoms with Crippen molar-refractivity contribution in [1.82, 2.24) is 10.4 Å². The normalized spacial score (nSPS) is 17.4. The van der Waals surface area contributed by atoms with Crippen LogP contribution in [0.5, 0.6) is 0 Å². The minimum atomic E-state index is -0.454. The second kappa shape index (κ2) is 6.83. The SMILES string of the molecule is CCOC(=O)NN1CC=C(C(=O)N2CCc3ccccc32)CC1. The molecule has 1 N–H and O–H groups in total. The molecule has 2 heterocycles. The van der Waals surface area contributed by atoms with E-state index in [2.05, 4.69) is 11.5 Å². The van der Waals surface area contributed by atoms with Gasteiger partial charge >= 0.3 is 6.09 Å². The molecule has 2 aliphatic rings.